The Balaban J connectivity index is 2.44. The van der Waals surface area contributed by atoms with Crippen LogP contribution in [0.15, 0.2) is 0 Å². The standard InChI is InChI=1S/C14H28N2O/c1-10(2)14(3,4)9-16-13(17)11-7-5-6-8-12(11)15/h10-12H,5-9,15H2,1-4H3,(H,16,17). The molecule has 17 heavy (non-hydrogen) atoms. The number of rotatable bonds is 4. The molecule has 0 aromatic heterocycles. The highest BCUT2D eigenvalue weighted by Crippen LogP contribution is 2.26. The van der Waals surface area contributed by atoms with E-state index in [0.29, 0.717) is 5.92 Å². The highest BCUT2D eigenvalue weighted by molar-refractivity contribution is 5.79. The van der Waals surface area contributed by atoms with Crippen molar-refractivity contribution in [3.8, 4) is 0 Å². The number of nitrogens with one attached hydrogen (secondary N) is 1. The maximum atomic E-state index is 12.1. The van der Waals surface area contributed by atoms with Crippen LogP contribution in [0.4, 0.5) is 0 Å². The Labute approximate surface area is 106 Å². The van der Waals surface area contributed by atoms with Crippen molar-refractivity contribution in [1.29, 1.82) is 0 Å². The number of carbonyl (C=O) groups excluding carboxylic acids is 1. The zero-order valence-electron chi connectivity index (χ0n) is 11.8. The van der Waals surface area contributed by atoms with Crippen LogP contribution < -0.4 is 11.1 Å². The Kier molecular flexibility index (Phi) is 4.99. The number of hydrogen-bond acceptors (Lipinski definition) is 2. The lowest BCUT2D eigenvalue weighted by molar-refractivity contribution is -0.127. The van der Waals surface area contributed by atoms with Crippen LogP contribution in [0, 0.1) is 17.3 Å². The van der Waals surface area contributed by atoms with Crippen molar-refractivity contribution in [2.75, 3.05) is 6.54 Å². The van der Waals surface area contributed by atoms with E-state index in [4.69, 9.17) is 5.73 Å². The van der Waals surface area contributed by atoms with E-state index < -0.39 is 0 Å². The molecule has 1 aliphatic carbocycles. The Morgan fingerprint density at radius 3 is 2.47 bits per heavy atom. The van der Waals surface area contributed by atoms with Gasteiger partial charge in [-0.25, -0.2) is 0 Å². The third kappa shape index (κ3) is 3.98. The molecule has 0 spiro atoms. The predicted octanol–water partition coefficient (Wildman–Crippen LogP) is 2.30. The number of carbonyl (C=O) groups is 1. The van der Waals surface area contributed by atoms with Gasteiger partial charge < -0.3 is 11.1 Å². The maximum Gasteiger partial charge on any atom is 0.224 e. The van der Waals surface area contributed by atoms with Crippen molar-refractivity contribution in [2.45, 2.75) is 59.4 Å². The number of hydrogen-bond donors (Lipinski definition) is 2. The molecule has 2 atom stereocenters. The Hall–Kier alpha value is -0.570. The van der Waals surface area contributed by atoms with Gasteiger partial charge in [0.15, 0.2) is 0 Å². The summed E-state index contributed by atoms with van der Waals surface area (Å²) in [5.74, 6) is 0.750. The second kappa shape index (κ2) is 5.85. The fourth-order valence-electron chi connectivity index (χ4n) is 2.14. The molecule has 0 aromatic carbocycles. The van der Waals surface area contributed by atoms with Gasteiger partial charge in [-0.3, -0.25) is 4.79 Å². The molecular weight excluding hydrogens is 212 g/mol. The van der Waals surface area contributed by atoms with Gasteiger partial charge in [-0.05, 0) is 24.2 Å². The first-order chi connectivity index (χ1) is 7.84. The lowest BCUT2D eigenvalue weighted by Gasteiger charge is -2.32. The number of nitrogens with two attached hydrogens (primary N) is 1. The third-order valence-corrected chi connectivity index (χ3v) is 4.44. The van der Waals surface area contributed by atoms with Crippen LogP contribution in [0.3, 0.4) is 0 Å². The molecule has 0 radical (unpaired) electrons. The number of amides is 1. The molecule has 3 nitrogen and oxygen atoms in total. The Morgan fingerprint density at radius 2 is 1.94 bits per heavy atom. The zero-order chi connectivity index (χ0) is 13.1. The van der Waals surface area contributed by atoms with E-state index in [1.807, 2.05) is 0 Å². The fraction of sp³-hybridized carbons (Fsp3) is 0.929. The summed E-state index contributed by atoms with van der Waals surface area (Å²) < 4.78 is 0. The summed E-state index contributed by atoms with van der Waals surface area (Å²) in [7, 11) is 0. The smallest absolute Gasteiger partial charge is 0.224 e. The maximum absolute atomic E-state index is 12.1. The van der Waals surface area contributed by atoms with Gasteiger partial charge in [0.1, 0.15) is 0 Å². The van der Waals surface area contributed by atoms with Gasteiger partial charge in [0.25, 0.3) is 0 Å². The molecule has 0 heterocycles. The van der Waals surface area contributed by atoms with E-state index in [2.05, 4.69) is 33.0 Å². The van der Waals surface area contributed by atoms with E-state index in [0.717, 1.165) is 25.8 Å². The summed E-state index contributed by atoms with van der Waals surface area (Å²) in [5.41, 5.74) is 6.17. The Morgan fingerprint density at radius 1 is 1.35 bits per heavy atom. The minimum absolute atomic E-state index is 0.0340. The van der Waals surface area contributed by atoms with E-state index in [1.54, 1.807) is 0 Å². The average molecular weight is 240 g/mol. The first-order valence-electron chi connectivity index (χ1n) is 6.88. The molecule has 0 bridgehead atoms. The van der Waals surface area contributed by atoms with Gasteiger partial charge >= 0.3 is 0 Å². The first kappa shape index (κ1) is 14.5. The molecule has 3 N–H and O–H groups in total. The van der Waals surface area contributed by atoms with Crippen molar-refractivity contribution in [2.24, 2.45) is 23.0 Å². The molecular formula is C14H28N2O. The molecule has 1 saturated carbocycles. The highest BCUT2D eigenvalue weighted by atomic mass is 16.1. The molecule has 2 unspecified atom stereocenters. The topological polar surface area (TPSA) is 55.1 Å². The normalized spacial score (nSPS) is 26.0. The summed E-state index contributed by atoms with van der Waals surface area (Å²) in [6.45, 7) is 9.52. The Bertz CT molecular complexity index is 261. The molecule has 100 valence electrons. The van der Waals surface area contributed by atoms with Crippen molar-refractivity contribution in [3.63, 3.8) is 0 Å². The summed E-state index contributed by atoms with van der Waals surface area (Å²) in [6, 6.07) is 0.0610. The summed E-state index contributed by atoms with van der Waals surface area (Å²) in [6.07, 6.45) is 4.25. The zero-order valence-corrected chi connectivity index (χ0v) is 11.8. The minimum Gasteiger partial charge on any atom is -0.355 e. The lowest BCUT2D eigenvalue weighted by Crippen LogP contribution is -2.46. The molecule has 1 rings (SSSR count). The van der Waals surface area contributed by atoms with Crippen molar-refractivity contribution >= 4 is 5.91 Å². The molecule has 0 aliphatic heterocycles. The fourth-order valence-corrected chi connectivity index (χ4v) is 2.14. The second-order valence-electron chi connectivity index (χ2n) is 6.42. The monoisotopic (exact) mass is 240 g/mol. The van der Waals surface area contributed by atoms with Gasteiger partial charge in [-0.1, -0.05) is 40.5 Å². The van der Waals surface area contributed by atoms with Crippen LogP contribution in [0.1, 0.15) is 53.4 Å². The van der Waals surface area contributed by atoms with Crippen molar-refractivity contribution < 1.29 is 4.79 Å². The third-order valence-electron chi connectivity index (χ3n) is 4.44. The van der Waals surface area contributed by atoms with E-state index in [1.165, 1.54) is 6.42 Å². The highest BCUT2D eigenvalue weighted by Gasteiger charge is 2.30. The predicted molar refractivity (Wildman–Crippen MR) is 71.6 cm³/mol. The van der Waals surface area contributed by atoms with E-state index >= 15 is 0 Å². The molecule has 1 fully saturated rings. The quantitative estimate of drug-likeness (QED) is 0.792. The first-order valence-corrected chi connectivity index (χ1v) is 6.88. The van der Waals surface area contributed by atoms with Crippen LogP contribution in [0.2, 0.25) is 0 Å². The average Bonchev–Trinajstić information content (AvgIpc) is 2.26. The van der Waals surface area contributed by atoms with Crippen molar-refractivity contribution in [3.05, 3.63) is 0 Å². The molecule has 1 amide bonds. The van der Waals surface area contributed by atoms with Crippen LogP contribution in [-0.4, -0.2) is 18.5 Å². The lowest BCUT2D eigenvalue weighted by atomic mass is 9.80. The second-order valence-corrected chi connectivity index (χ2v) is 6.42. The van der Waals surface area contributed by atoms with Crippen LogP contribution in [0.5, 0.6) is 0 Å². The van der Waals surface area contributed by atoms with E-state index in [9.17, 15) is 4.79 Å². The van der Waals surface area contributed by atoms with E-state index in [-0.39, 0.29) is 23.3 Å². The van der Waals surface area contributed by atoms with Crippen LogP contribution in [0.25, 0.3) is 0 Å². The SMILES string of the molecule is CC(C)C(C)(C)CNC(=O)C1CCCCC1N. The molecule has 1 aliphatic rings. The summed E-state index contributed by atoms with van der Waals surface area (Å²) in [5, 5.41) is 3.09. The van der Waals surface area contributed by atoms with Gasteiger partial charge in [-0.15, -0.1) is 0 Å². The van der Waals surface area contributed by atoms with Gasteiger partial charge in [0.05, 0.1) is 5.92 Å². The molecule has 0 saturated heterocycles. The van der Waals surface area contributed by atoms with Gasteiger partial charge in [0.2, 0.25) is 5.91 Å². The van der Waals surface area contributed by atoms with Gasteiger partial charge in [-0.2, -0.15) is 0 Å². The summed E-state index contributed by atoms with van der Waals surface area (Å²) >= 11 is 0. The van der Waals surface area contributed by atoms with Crippen molar-refractivity contribution in [1.82, 2.24) is 5.32 Å². The van der Waals surface area contributed by atoms with Crippen LogP contribution >= 0.6 is 0 Å². The van der Waals surface area contributed by atoms with Crippen LogP contribution in [-0.2, 0) is 4.79 Å². The minimum atomic E-state index is 0.0340. The largest absolute Gasteiger partial charge is 0.355 e. The molecule has 0 aromatic rings. The van der Waals surface area contributed by atoms with Gasteiger partial charge in [0, 0.05) is 12.6 Å². The summed E-state index contributed by atoms with van der Waals surface area (Å²) in [4.78, 5) is 12.1. The molecule has 3 heteroatoms.